The van der Waals surface area contributed by atoms with Crippen LogP contribution in [0.4, 0.5) is 0 Å². The molecule has 0 aromatic carbocycles. The van der Waals surface area contributed by atoms with Crippen molar-refractivity contribution in [1.82, 2.24) is 4.90 Å². The van der Waals surface area contributed by atoms with Crippen LogP contribution in [0.5, 0.6) is 0 Å². The molecule has 1 saturated heterocycles. The molecule has 1 fully saturated rings. The molecule has 0 radical (unpaired) electrons. The van der Waals surface area contributed by atoms with E-state index in [0.29, 0.717) is 6.54 Å². The van der Waals surface area contributed by atoms with Gasteiger partial charge in [-0.25, -0.2) is 8.42 Å². The third-order valence-electron chi connectivity index (χ3n) is 3.49. The monoisotopic (exact) mass is 381 g/mol. The van der Waals surface area contributed by atoms with Gasteiger partial charge in [0.2, 0.25) is 0 Å². The largest absolute Gasteiger partial charge is 0.481 e. The standard InChI is InChI=1S/C12H16BrNO4S2/c1-8(10-2-3-11(13)19-10)14-4-5-20(17,18)7-9(14)6-12(15)16/h2-3,8-9H,4-7H2,1H3,(H,15,16). The third kappa shape index (κ3) is 3.81. The molecule has 0 aliphatic carbocycles. The van der Waals surface area contributed by atoms with Gasteiger partial charge in [0.15, 0.2) is 9.84 Å². The van der Waals surface area contributed by atoms with Crippen LogP contribution in [0.1, 0.15) is 24.3 Å². The van der Waals surface area contributed by atoms with Crippen LogP contribution in [0.2, 0.25) is 0 Å². The number of carboxylic acids is 1. The fourth-order valence-electron chi connectivity index (χ4n) is 2.50. The zero-order valence-corrected chi connectivity index (χ0v) is 14.2. The zero-order chi connectivity index (χ0) is 14.9. The van der Waals surface area contributed by atoms with Gasteiger partial charge in [0.05, 0.1) is 21.7 Å². The first-order chi connectivity index (χ1) is 9.28. The molecule has 2 unspecified atom stereocenters. The summed E-state index contributed by atoms with van der Waals surface area (Å²) in [6, 6.07) is 3.50. The highest BCUT2D eigenvalue weighted by Crippen LogP contribution is 2.33. The number of thiophene rings is 1. The molecule has 8 heteroatoms. The van der Waals surface area contributed by atoms with Crippen molar-refractivity contribution >= 4 is 43.1 Å². The van der Waals surface area contributed by atoms with Crippen LogP contribution in [-0.2, 0) is 14.6 Å². The molecule has 20 heavy (non-hydrogen) atoms. The molecule has 1 N–H and O–H groups in total. The van der Waals surface area contributed by atoms with Crippen molar-refractivity contribution < 1.29 is 18.3 Å². The highest BCUT2D eigenvalue weighted by molar-refractivity contribution is 9.11. The van der Waals surface area contributed by atoms with Gasteiger partial charge in [-0.05, 0) is 35.0 Å². The lowest BCUT2D eigenvalue weighted by molar-refractivity contribution is -0.138. The minimum absolute atomic E-state index is 0.0196. The first kappa shape index (κ1) is 15.9. The Kier molecular flexibility index (Phi) is 4.88. The molecule has 2 heterocycles. The van der Waals surface area contributed by atoms with Crippen molar-refractivity contribution in [2.24, 2.45) is 0 Å². The normalized spacial score (nSPS) is 24.4. The lowest BCUT2D eigenvalue weighted by Crippen LogP contribution is -2.50. The van der Waals surface area contributed by atoms with Crippen molar-refractivity contribution in [3.05, 3.63) is 20.8 Å². The Labute approximate surface area is 130 Å². The molecule has 1 aromatic heterocycles. The number of carboxylic acid groups (broad SMARTS) is 1. The molecule has 0 amide bonds. The molecule has 112 valence electrons. The number of halogens is 1. The molecular formula is C12H16BrNO4S2. The fraction of sp³-hybridized carbons (Fsp3) is 0.583. The minimum Gasteiger partial charge on any atom is -0.481 e. The third-order valence-corrected chi connectivity index (χ3v) is 6.98. The Morgan fingerprint density at radius 2 is 2.30 bits per heavy atom. The maximum atomic E-state index is 11.7. The van der Waals surface area contributed by atoms with Gasteiger partial charge in [-0.1, -0.05) is 0 Å². The van der Waals surface area contributed by atoms with Crippen molar-refractivity contribution in [2.75, 3.05) is 18.1 Å². The smallest absolute Gasteiger partial charge is 0.304 e. The first-order valence-electron chi connectivity index (χ1n) is 6.22. The van der Waals surface area contributed by atoms with E-state index in [9.17, 15) is 13.2 Å². The van der Waals surface area contributed by atoms with Crippen LogP contribution >= 0.6 is 27.3 Å². The average Bonchev–Trinajstić information content (AvgIpc) is 2.73. The predicted molar refractivity (Wildman–Crippen MR) is 81.8 cm³/mol. The van der Waals surface area contributed by atoms with Crippen LogP contribution in [-0.4, -0.2) is 48.5 Å². The maximum Gasteiger partial charge on any atom is 0.304 e. The summed E-state index contributed by atoms with van der Waals surface area (Å²) in [6.07, 6.45) is -0.143. The van der Waals surface area contributed by atoms with Gasteiger partial charge in [-0.3, -0.25) is 9.69 Å². The van der Waals surface area contributed by atoms with Crippen molar-refractivity contribution in [1.29, 1.82) is 0 Å². The summed E-state index contributed by atoms with van der Waals surface area (Å²) in [5, 5.41) is 8.98. The fourth-order valence-corrected chi connectivity index (χ4v) is 5.55. The Balaban J connectivity index is 2.21. The van der Waals surface area contributed by atoms with Crippen LogP contribution in [0.3, 0.4) is 0 Å². The second kappa shape index (κ2) is 6.13. The molecule has 0 spiro atoms. The van der Waals surface area contributed by atoms with Crippen LogP contribution < -0.4 is 0 Å². The summed E-state index contributed by atoms with van der Waals surface area (Å²) in [4.78, 5) is 14.1. The summed E-state index contributed by atoms with van der Waals surface area (Å²) < 4.78 is 24.5. The van der Waals surface area contributed by atoms with E-state index in [1.165, 1.54) is 0 Å². The summed E-state index contributed by atoms with van der Waals surface area (Å²) in [5.74, 6) is -0.937. The summed E-state index contributed by atoms with van der Waals surface area (Å²) >= 11 is 5.00. The second-order valence-corrected chi connectivity index (χ2v) is 9.65. The van der Waals surface area contributed by atoms with Crippen LogP contribution in [0.15, 0.2) is 15.9 Å². The SMILES string of the molecule is CC(c1ccc(Br)s1)N1CCS(=O)(=O)CC1CC(=O)O. The molecule has 1 aromatic rings. The number of nitrogens with zero attached hydrogens (tertiary/aromatic N) is 1. The van der Waals surface area contributed by atoms with Gasteiger partial charge in [-0.15, -0.1) is 11.3 Å². The quantitative estimate of drug-likeness (QED) is 0.864. The van der Waals surface area contributed by atoms with E-state index >= 15 is 0 Å². The van der Waals surface area contributed by atoms with E-state index in [2.05, 4.69) is 15.9 Å². The van der Waals surface area contributed by atoms with Crippen LogP contribution in [0.25, 0.3) is 0 Å². The summed E-state index contributed by atoms with van der Waals surface area (Å²) in [6.45, 7) is 2.38. The number of hydrogen-bond acceptors (Lipinski definition) is 5. The molecular weight excluding hydrogens is 366 g/mol. The molecule has 2 atom stereocenters. The second-order valence-electron chi connectivity index (χ2n) is 4.92. The van der Waals surface area contributed by atoms with Crippen LogP contribution in [0, 0.1) is 0 Å². The topological polar surface area (TPSA) is 74.7 Å². The van der Waals surface area contributed by atoms with Crippen molar-refractivity contribution in [3.8, 4) is 0 Å². The summed E-state index contributed by atoms with van der Waals surface area (Å²) in [7, 11) is -3.13. The Bertz CT molecular complexity index is 598. The van der Waals surface area contributed by atoms with Gasteiger partial charge in [0.1, 0.15) is 0 Å². The predicted octanol–water partition coefficient (Wildman–Crippen LogP) is 2.15. The highest BCUT2D eigenvalue weighted by atomic mass is 79.9. The first-order valence-corrected chi connectivity index (χ1v) is 9.65. The number of rotatable bonds is 4. The number of hydrogen-bond donors (Lipinski definition) is 1. The van der Waals surface area contributed by atoms with Gasteiger partial charge >= 0.3 is 5.97 Å². The van der Waals surface area contributed by atoms with E-state index in [0.717, 1.165) is 8.66 Å². The van der Waals surface area contributed by atoms with Crippen molar-refractivity contribution in [3.63, 3.8) is 0 Å². The van der Waals surface area contributed by atoms with E-state index in [-0.39, 0.29) is 24.0 Å². The van der Waals surface area contributed by atoms with E-state index in [1.807, 2.05) is 24.0 Å². The van der Waals surface area contributed by atoms with E-state index in [4.69, 9.17) is 5.11 Å². The van der Waals surface area contributed by atoms with Crippen molar-refractivity contribution in [2.45, 2.75) is 25.4 Å². The molecule has 0 bridgehead atoms. The summed E-state index contributed by atoms with van der Waals surface area (Å²) in [5.41, 5.74) is 0. The Hall–Kier alpha value is -0.440. The highest BCUT2D eigenvalue weighted by Gasteiger charge is 2.35. The molecule has 1 aliphatic rings. The molecule has 0 saturated carbocycles. The van der Waals surface area contributed by atoms with Gasteiger partial charge in [0, 0.05) is 23.5 Å². The average molecular weight is 382 g/mol. The van der Waals surface area contributed by atoms with Gasteiger partial charge in [-0.2, -0.15) is 0 Å². The lowest BCUT2D eigenvalue weighted by Gasteiger charge is -2.38. The maximum absolute atomic E-state index is 11.7. The molecule has 5 nitrogen and oxygen atoms in total. The zero-order valence-electron chi connectivity index (χ0n) is 11.0. The number of aliphatic carboxylic acids is 1. The Morgan fingerprint density at radius 1 is 1.60 bits per heavy atom. The van der Waals surface area contributed by atoms with E-state index in [1.54, 1.807) is 11.3 Å². The number of carbonyl (C=O) groups is 1. The van der Waals surface area contributed by atoms with Gasteiger partial charge in [0.25, 0.3) is 0 Å². The Morgan fingerprint density at radius 3 is 2.85 bits per heavy atom. The lowest BCUT2D eigenvalue weighted by atomic mass is 10.1. The minimum atomic E-state index is -3.13. The van der Waals surface area contributed by atoms with E-state index < -0.39 is 21.8 Å². The molecule has 2 rings (SSSR count). The number of sulfone groups is 1. The molecule has 1 aliphatic heterocycles. The van der Waals surface area contributed by atoms with Gasteiger partial charge < -0.3 is 5.11 Å².